The summed E-state index contributed by atoms with van der Waals surface area (Å²) in [7, 11) is 0. The highest BCUT2D eigenvalue weighted by Gasteiger charge is 2.37. The molecule has 2 heterocycles. The minimum atomic E-state index is -0.693. The molecule has 0 radical (unpaired) electrons. The van der Waals surface area contributed by atoms with Crippen LogP contribution in [0.1, 0.15) is 36.9 Å². The first-order valence-corrected chi connectivity index (χ1v) is 12.8. The first-order chi connectivity index (χ1) is 17.5. The fourth-order valence-electron chi connectivity index (χ4n) is 5.06. The number of aromatic nitrogens is 3. The Bertz CT molecular complexity index is 1170. The van der Waals surface area contributed by atoms with Crippen LogP contribution in [0.15, 0.2) is 54.3 Å². The van der Waals surface area contributed by atoms with E-state index in [2.05, 4.69) is 20.7 Å². The van der Waals surface area contributed by atoms with E-state index in [1.165, 1.54) is 4.68 Å². The van der Waals surface area contributed by atoms with Gasteiger partial charge in [0, 0.05) is 17.5 Å². The minimum Gasteiger partial charge on any atom is -0.495 e. The van der Waals surface area contributed by atoms with Gasteiger partial charge in [-0.25, -0.2) is 0 Å². The Balaban J connectivity index is 1.22. The molecule has 9 nitrogen and oxygen atoms in total. The second-order valence-corrected chi connectivity index (χ2v) is 10.2. The van der Waals surface area contributed by atoms with Gasteiger partial charge in [0.15, 0.2) is 5.82 Å². The van der Waals surface area contributed by atoms with Crippen LogP contribution in [0.25, 0.3) is 11.4 Å². The summed E-state index contributed by atoms with van der Waals surface area (Å²) < 4.78 is 7.33. The van der Waals surface area contributed by atoms with E-state index >= 15 is 0 Å². The second kappa shape index (κ2) is 10.4. The zero-order chi connectivity index (χ0) is 25.1. The molecular formula is C26H30ClN5O4. The van der Waals surface area contributed by atoms with Crippen molar-refractivity contribution in [2.24, 2.45) is 11.3 Å². The largest absolute Gasteiger partial charge is 0.495 e. The third-order valence-electron chi connectivity index (χ3n) is 7.18. The van der Waals surface area contributed by atoms with Crippen LogP contribution in [-0.2, 0) is 9.53 Å². The molecule has 2 aromatic rings. The van der Waals surface area contributed by atoms with Gasteiger partial charge in [-0.2, -0.15) is 9.67 Å². The normalized spacial score (nSPS) is 24.6. The Morgan fingerprint density at radius 2 is 2.06 bits per heavy atom. The van der Waals surface area contributed by atoms with E-state index in [0.29, 0.717) is 24.1 Å². The lowest BCUT2D eigenvalue weighted by molar-refractivity contribution is -0.125. The Morgan fingerprint density at radius 1 is 1.28 bits per heavy atom. The first-order valence-electron chi connectivity index (χ1n) is 12.3. The van der Waals surface area contributed by atoms with E-state index in [1.54, 1.807) is 18.2 Å². The summed E-state index contributed by atoms with van der Waals surface area (Å²) in [6.07, 6.45) is 9.35. The zero-order valence-corrected chi connectivity index (χ0v) is 20.7. The monoisotopic (exact) mass is 511 g/mol. The molecule has 3 aliphatic rings. The molecule has 0 saturated heterocycles. The molecule has 3 N–H and O–H groups in total. The number of ether oxygens (including phenoxy) is 1. The lowest BCUT2D eigenvalue weighted by Gasteiger charge is -2.30. The Labute approximate surface area is 214 Å². The van der Waals surface area contributed by atoms with Crippen molar-refractivity contribution in [2.45, 2.75) is 43.5 Å². The topological polar surface area (TPSA) is 118 Å². The number of aliphatic hydroxyl groups is 1. The molecule has 36 heavy (non-hydrogen) atoms. The van der Waals surface area contributed by atoms with E-state index in [9.17, 15) is 14.7 Å². The van der Waals surface area contributed by atoms with Gasteiger partial charge >= 0.3 is 0 Å². The summed E-state index contributed by atoms with van der Waals surface area (Å²) in [5.74, 6) is 0.182. The van der Waals surface area contributed by atoms with Gasteiger partial charge in [-0.1, -0.05) is 55.3 Å². The smallest absolute Gasteiger partial charge is 0.252 e. The average molecular weight is 512 g/mol. The van der Waals surface area contributed by atoms with Gasteiger partial charge in [0.25, 0.3) is 5.91 Å². The number of carbonyl (C=O) groups excluding carboxylic acids is 2. The maximum absolute atomic E-state index is 13.1. The van der Waals surface area contributed by atoms with Crippen LogP contribution in [0.3, 0.4) is 0 Å². The third-order valence-corrected chi connectivity index (χ3v) is 7.58. The summed E-state index contributed by atoms with van der Waals surface area (Å²) in [6, 6.07) is 9.13. The van der Waals surface area contributed by atoms with Crippen LogP contribution >= 0.6 is 11.6 Å². The molecule has 10 heteroatoms. The fourth-order valence-corrected chi connectivity index (χ4v) is 5.38. The summed E-state index contributed by atoms with van der Waals surface area (Å²) in [5, 5.41) is 19.9. The van der Waals surface area contributed by atoms with Crippen molar-refractivity contribution in [3.8, 4) is 11.4 Å². The van der Waals surface area contributed by atoms with Gasteiger partial charge in [-0.15, -0.1) is 16.7 Å². The Morgan fingerprint density at radius 3 is 2.81 bits per heavy atom. The summed E-state index contributed by atoms with van der Waals surface area (Å²) in [4.78, 5) is 30.3. The summed E-state index contributed by atoms with van der Waals surface area (Å²) >= 11 is 6.50. The van der Waals surface area contributed by atoms with Crippen molar-refractivity contribution in [3.05, 3.63) is 54.3 Å². The predicted molar refractivity (Wildman–Crippen MR) is 135 cm³/mol. The fraction of sp³-hybridized carbons (Fsp3) is 0.462. The number of rotatable bonds is 8. The van der Waals surface area contributed by atoms with Crippen LogP contribution < -0.4 is 10.6 Å². The van der Waals surface area contributed by atoms with Gasteiger partial charge in [0.2, 0.25) is 11.9 Å². The van der Waals surface area contributed by atoms with E-state index < -0.39 is 11.3 Å². The number of hydrogen-bond acceptors (Lipinski definition) is 7. The van der Waals surface area contributed by atoms with Crippen molar-refractivity contribution in [1.82, 2.24) is 20.1 Å². The molecule has 0 bridgehead atoms. The number of fused-ring (bicyclic) bond motifs is 1. The van der Waals surface area contributed by atoms with Crippen molar-refractivity contribution >= 4 is 29.4 Å². The number of hydrogen-bond donors (Lipinski definition) is 3. The predicted octanol–water partition coefficient (Wildman–Crippen LogP) is 3.13. The van der Waals surface area contributed by atoms with Crippen LogP contribution in [0, 0.1) is 11.3 Å². The molecule has 0 spiro atoms. The molecule has 1 aliphatic heterocycles. The summed E-state index contributed by atoms with van der Waals surface area (Å²) in [6.45, 7) is 0.629. The lowest BCUT2D eigenvalue weighted by Crippen LogP contribution is -2.44. The van der Waals surface area contributed by atoms with Crippen molar-refractivity contribution in [2.75, 3.05) is 25.1 Å². The number of nitrogens with one attached hydrogen (secondary N) is 2. The highest BCUT2D eigenvalue weighted by molar-refractivity contribution is 6.23. The number of nitrogens with zero attached hydrogens (tertiary/aromatic N) is 3. The van der Waals surface area contributed by atoms with E-state index in [4.69, 9.17) is 16.3 Å². The third kappa shape index (κ3) is 5.03. The zero-order valence-electron chi connectivity index (χ0n) is 19.9. The molecule has 1 saturated carbocycles. The Kier molecular flexibility index (Phi) is 7.11. The van der Waals surface area contributed by atoms with E-state index in [0.717, 1.165) is 31.2 Å². The number of carbonyl (C=O) groups is 2. The second-order valence-electron chi connectivity index (χ2n) is 9.75. The van der Waals surface area contributed by atoms with Gasteiger partial charge in [0.05, 0.1) is 24.4 Å². The molecule has 1 amide bonds. The average Bonchev–Trinajstić information content (AvgIpc) is 3.55. The van der Waals surface area contributed by atoms with Crippen LogP contribution in [0.4, 0.5) is 5.95 Å². The molecule has 1 aromatic heterocycles. The molecule has 190 valence electrons. The molecule has 5 rings (SSSR count). The first kappa shape index (κ1) is 24.5. The molecule has 1 aromatic carbocycles. The molecule has 2 aliphatic carbocycles. The van der Waals surface area contributed by atoms with E-state index in [-0.39, 0.29) is 42.9 Å². The van der Waals surface area contributed by atoms with Crippen LogP contribution in [0.2, 0.25) is 0 Å². The SMILES string of the molecule is O=C(NCC1(CO)CCCC1)C1C(OCC2CC(=O)n3nc(-c4ccccc4)nc3N2)=CC=CC1Cl. The quantitative estimate of drug-likeness (QED) is 0.466. The van der Waals surface area contributed by atoms with Gasteiger partial charge in [-0.05, 0) is 18.9 Å². The molecule has 3 atom stereocenters. The minimum absolute atomic E-state index is 0.0549. The molecular weight excluding hydrogens is 482 g/mol. The van der Waals surface area contributed by atoms with E-state index in [1.807, 2.05) is 30.3 Å². The van der Waals surface area contributed by atoms with Crippen LogP contribution in [-0.4, -0.2) is 62.9 Å². The number of anilines is 1. The van der Waals surface area contributed by atoms with Crippen molar-refractivity contribution < 1.29 is 19.4 Å². The maximum atomic E-state index is 13.1. The standard InChI is InChI=1S/C26H30ClN5O4/c27-19-9-6-10-20(22(19)24(35)28-15-26(16-33)11-4-5-12-26)36-14-18-13-21(34)32-25(29-18)30-23(31-32)17-7-2-1-3-8-17/h1-3,6-10,18-19,22,33H,4-5,11-16H2,(H,28,35)(H,29,30,31). The number of allylic oxidation sites excluding steroid dienone is 3. The van der Waals surface area contributed by atoms with Crippen LogP contribution in [0.5, 0.6) is 0 Å². The number of benzene rings is 1. The van der Waals surface area contributed by atoms with Gasteiger partial charge < -0.3 is 20.5 Å². The van der Waals surface area contributed by atoms with Crippen molar-refractivity contribution in [3.63, 3.8) is 0 Å². The highest BCUT2D eigenvalue weighted by atomic mass is 35.5. The number of aliphatic hydroxyl groups excluding tert-OH is 1. The summed E-state index contributed by atoms with van der Waals surface area (Å²) in [5.41, 5.74) is 0.566. The number of amides is 1. The van der Waals surface area contributed by atoms with Gasteiger partial charge in [0.1, 0.15) is 18.3 Å². The number of halogens is 1. The molecule has 1 fully saturated rings. The number of alkyl halides is 1. The Hall–Kier alpha value is -3.17. The van der Waals surface area contributed by atoms with Gasteiger partial charge in [-0.3, -0.25) is 9.59 Å². The van der Waals surface area contributed by atoms with Crippen molar-refractivity contribution in [1.29, 1.82) is 0 Å². The maximum Gasteiger partial charge on any atom is 0.252 e. The lowest BCUT2D eigenvalue weighted by atomic mass is 9.86. The molecule has 3 unspecified atom stereocenters. The highest BCUT2D eigenvalue weighted by Crippen LogP contribution is 2.37.